The third kappa shape index (κ3) is 44.0. The summed E-state index contributed by atoms with van der Waals surface area (Å²) < 4.78 is 5.45. The van der Waals surface area contributed by atoms with Crippen LogP contribution in [0, 0.1) is 0 Å². The maximum Gasteiger partial charge on any atom is 0.305 e. The monoisotopic (exact) mass is 806 g/mol. The molecule has 338 valence electrons. The number of hydrogen-bond acceptors (Lipinski definition) is 5. The molecule has 6 heteroatoms. The van der Waals surface area contributed by atoms with Crippen LogP contribution in [0.3, 0.4) is 0 Å². The van der Waals surface area contributed by atoms with Crippen LogP contribution in [-0.4, -0.2) is 47.4 Å². The Morgan fingerprint density at radius 3 is 1.25 bits per heavy atom. The summed E-state index contributed by atoms with van der Waals surface area (Å²) >= 11 is 0. The Kier molecular flexibility index (Phi) is 46.1. The highest BCUT2D eigenvalue weighted by molar-refractivity contribution is 5.76. The van der Waals surface area contributed by atoms with Crippen molar-refractivity contribution in [3.63, 3.8) is 0 Å². The molecule has 0 saturated heterocycles. The van der Waals surface area contributed by atoms with Gasteiger partial charge >= 0.3 is 5.97 Å². The zero-order valence-electron chi connectivity index (χ0n) is 38.3. The first-order valence-corrected chi connectivity index (χ1v) is 25.4. The average Bonchev–Trinajstić information content (AvgIpc) is 3.21. The van der Waals surface area contributed by atoms with Gasteiger partial charge in [-0.25, -0.2) is 0 Å². The summed E-state index contributed by atoms with van der Waals surface area (Å²) in [7, 11) is 0. The van der Waals surface area contributed by atoms with E-state index >= 15 is 0 Å². The first-order chi connectivity index (χ1) is 28.0. The van der Waals surface area contributed by atoms with E-state index < -0.39 is 12.1 Å². The fourth-order valence-electron chi connectivity index (χ4n) is 7.87. The Morgan fingerprint density at radius 2 is 0.825 bits per heavy atom. The van der Waals surface area contributed by atoms with Crippen molar-refractivity contribution >= 4 is 11.9 Å². The third-order valence-electron chi connectivity index (χ3n) is 11.8. The number of unbranched alkanes of at least 4 members (excludes halogenated alkanes) is 34. The minimum Gasteiger partial charge on any atom is -0.466 e. The number of carbonyl (C=O) groups is 2. The molecule has 0 aliphatic rings. The molecule has 0 aliphatic heterocycles. The van der Waals surface area contributed by atoms with Gasteiger partial charge in [-0.2, -0.15) is 0 Å². The van der Waals surface area contributed by atoms with E-state index in [1.165, 1.54) is 186 Å². The van der Waals surface area contributed by atoms with E-state index in [9.17, 15) is 19.8 Å². The molecule has 0 aliphatic carbocycles. The summed E-state index contributed by atoms with van der Waals surface area (Å²) in [6, 6.07) is -0.554. The van der Waals surface area contributed by atoms with Crippen molar-refractivity contribution in [1.29, 1.82) is 0 Å². The minimum absolute atomic E-state index is 0.0219. The number of carbonyl (C=O) groups excluding carboxylic acids is 2. The molecule has 0 heterocycles. The Labute approximate surface area is 355 Å². The minimum atomic E-state index is -0.675. The average molecular weight is 806 g/mol. The van der Waals surface area contributed by atoms with Gasteiger partial charge in [0.2, 0.25) is 5.91 Å². The molecule has 0 aromatic carbocycles. The summed E-state index contributed by atoms with van der Waals surface area (Å²) in [5.41, 5.74) is 0. The first-order valence-electron chi connectivity index (χ1n) is 25.4. The largest absolute Gasteiger partial charge is 0.466 e. The number of aliphatic hydroxyl groups excluding tert-OH is 2. The van der Waals surface area contributed by atoms with E-state index in [4.69, 9.17) is 4.74 Å². The molecule has 0 fully saturated rings. The van der Waals surface area contributed by atoms with Crippen molar-refractivity contribution in [2.24, 2.45) is 0 Å². The normalized spacial score (nSPS) is 12.7. The highest BCUT2D eigenvalue weighted by Crippen LogP contribution is 2.16. The molecule has 2 unspecified atom stereocenters. The number of esters is 1. The lowest BCUT2D eigenvalue weighted by Gasteiger charge is -2.22. The number of allylic oxidation sites excluding steroid dienone is 2. The summed E-state index contributed by atoms with van der Waals surface area (Å²) in [6.45, 7) is 4.90. The van der Waals surface area contributed by atoms with E-state index in [1.807, 2.05) is 0 Å². The topological polar surface area (TPSA) is 95.9 Å². The standard InChI is InChI=1S/C51H99NO5/c1-3-5-7-9-11-13-15-17-19-20-23-27-31-35-39-43-49(54)48(47-53)52-50(55)44-40-36-32-28-24-22-26-30-34-38-42-46-57-51(56)45-41-37-33-29-25-21-18-16-14-12-10-8-6-4-2/h16,18,48-49,53-54H,3-15,17,19-47H2,1-2H3,(H,52,55)/b18-16-. The summed E-state index contributed by atoms with van der Waals surface area (Å²) in [5.74, 6) is -0.0750. The van der Waals surface area contributed by atoms with Crippen molar-refractivity contribution in [3.05, 3.63) is 12.2 Å². The van der Waals surface area contributed by atoms with E-state index in [2.05, 4.69) is 31.3 Å². The van der Waals surface area contributed by atoms with Gasteiger partial charge in [0.05, 0.1) is 25.4 Å². The van der Waals surface area contributed by atoms with E-state index in [0.717, 1.165) is 57.8 Å². The molecule has 0 rings (SSSR count). The maximum absolute atomic E-state index is 12.4. The second kappa shape index (κ2) is 47.3. The van der Waals surface area contributed by atoms with Crippen LogP contribution in [0.25, 0.3) is 0 Å². The number of ether oxygens (including phenoxy) is 1. The fraction of sp³-hybridized carbons (Fsp3) is 0.922. The van der Waals surface area contributed by atoms with Gasteiger partial charge < -0.3 is 20.3 Å². The molecule has 0 spiro atoms. The molecular formula is C51H99NO5. The van der Waals surface area contributed by atoms with Gasteiger partial charge in [0.1, 0.15) is 0 Å². The van der Waals surface area contributed by atoms with E-state index in [-0.39, 0.29) is 18.5 Å². The van der Waals surface area contributed by atoms with Crippen LogP contribution in [-0.2, 0) is 14.3 Å². The summed E-state index contributed by atoms with van der Waals surface area (Å²) in [4.78, 5) is 24.5. The molecule has 0 aromatic rings. The van der Waals surface area contributed by atoms with E-state index in [1.54, 1.807) is 0 Å². The van der Waals surface area contributed by atoms with Crippen molar-refractivity contribution in [3.8, 4) is 0 Å². The molecule has 1 amide bonds. The van der Waals surface area contributed by atoms with Crippen LogP contribution in [0.1, 0.15) is 277 Å². The summed E-state index contributed by atoms with van der Waals surface area (Å²) in [5, 5.41) is 23.2. The molecule has 2 atom stereocenters. The van der Waals surface area contributed by atoms with Crippen LogP contribution in [0.5, 0.6) is 0 Å². The number of hydrogen-bond donors (Lipinski definition) is 3. The lowest BCUT2D eigenvalue weighted by atomic mass is 10.0. The number of rotatable bonds is 47. The van der Waals surface area contributed by atoms with E-state index in [0.29, 0.717) is 25.9 Å². The number of aliphatic hydroxyl groups is 2. The Bertz CT molecular complexity index is 847. The van der Waals surface area contributed by atoms with Gasteiger partial charge in [0.15, 0.2) is 0 Å². The van der Waals surface area contributed by atoms with Crippen LogP contribution in [0.2, 0.25) is 0 Å². The fourth-order valence-corrected chi connectivity index (χ4v) is 7.87. The van der Waals surface area contributed by atoms with Crippen LogP contribution < -0.4 is 5.32 Å². The van der Waals surface area contributed by atoms with Crippen molar-refractivity contribution in [2.75, 3.05) is 13.2 Å². The van der Waals surface area contributed by atoms with Crippen LogP contribution in [0.4, 0.5) is 0 Å². The zero-order chi connectivity index (χ0) is 41.5. The molecule has 0 radical (unpaired) electrons. The SMILES string of the molecule is CCCCCCC/C=C\CCCCCCCC(=O)OCCCCCCCCCCCCCC(=O)NC(CO)C(O)CCCCCCCCCCCCCCCCC. The lowest BCUT2D eigenvalue weighted by Crippen LogP contribution is -2.45. The molecular weight excluding hydrogens is 707 g/mol. The predicted octanol–water partition coefficient (Wildman–Crippen LogP) is 15.0. The highest BCUT2D eigenvalue weighted by Gasteiger charge is 2.20. The molecule has 0 saturated carbocycles. The summed E-state index contributed by atoms with van der Waals surface area (Å²) in [6.07, 6.45) is 53.1. The molecule has 57 heavy (non-hydrogen) atoms. The van der Waals surface area contributed by atoms with Gasteiger partial charge in [-0.05, 0) is 51.4 Å². The third-order valence-corrected chi connectivity index (χ3v) is 11.8. The molecule has 0 aromatic heterocycles. The van der Waals surface area contributed by atoms with Gasteiger partial charge in [0.25, 0.3) is 0 Å². The maximum atomic E-state index is 12.4. The van der Waals surface area contributed by atoms with Crippen LogP contribution in [0.15, 0.2) is 12.2 Å². The van der Waals surface area contributed by atoms with Gasteiger partial charge in [-0.1, -0.05) is 225 Å². The highest BCUT2D eigenvalue weighted by atomic mass is 16.5. The zero-order valence-corrected chi connectivity index (χ0v) is 38.3. The Balaban J connectivity index is 3.47. The quantitative estimate of drug-likeness (QED) is 0.0323. The van der Waals surface area contributed by atoms with Crippen molar-refractivity contribution in [2.45, 2.75) is 289 Å². The van der Waals surface area contributed by atoms with Crippen LogP contribution >= 0.6 is 0 Å². The number of nitrogens with one attached hydrogen (secondary N) is 1. The Morgan fingerprint density at radius 1 is 0.474 bits per heavy atom. The molecule has 3 N–H and O–H groups in total. The molecule has 6 nitrogen and oxygen atoms in total. The van der Waals surface area contributed by atoms with Gasteiger partial charge in [-0.15, -0.1) is 0 Å². The Hall–Kier alpha value is -1.40. The number of amides is 1. The van der Waals surface area contributed by atoms with Gasteiger partial charge in [-0.3, -0.25) is 9.59 Å². The first kappa shape index (κ1) is 55.6. The predicted molar refractivity (Wildman–Crippen MR) is 246 cm³/mol. The molecule has 0 bridgehead atoms. The second-order valence-corrected chi connectivity index (χ2v) is 17.5. The lowest BCUT2D eigenvalue weighted by molar-refractivity contribution is -0.143. The van der Waals surface area contributed by atoms with Crippen molar-refractivity contribution < 1.29 is 24.5 Å². The van der Waals surface area contributed by atoms with Crippen molar-refractivity contribution in [1.82, 2.24) is 5.32 Å². The van der Waals surface area contributed by atoms with Gasteiger partial charge in [0, 0.05) is 12.8 Å². The second-order valence-electron chi connectivity index (χ2n) is 17.5. The smallest absolute Gasteiger partial charge is 0.305 e.